The van der Waals surface area contributed by atoms with Crippen molar-refractivity contribution >= 4 is 17.9 Å². The predicted octanol–water partition coefficient (Wildman–Crippen LogP) is -0.134. The smallest absolute Gasteiger partial charge is 0.326 e. The Labute approximate surface area is 111 Å². The number of nitrogens with zero attached hydrogens (tertiary/aromatic N) is 2. The zero-order chi connectivity index (χ0) is 14.0. The number of amides is 3. The summed E-state index contributed by atoms with van der Waals surface area (Å²) in [4.78, 5) is 38.2. The van der Waals surface area contributed by atoms with Crippen molar-refractivity contribution in [3.8, 4) is 0 Å². The molecular weight excluding hydrogens is 250 g/mol. The van der Waals surface area contributed by atoms with Crippen LogP contribution in [0.5, 0.6) is 0 Å². The highest BCUT2D eigenvalue weighted by Gasteiger charge is 2.40. The highest BCUT2D eigenvalue weighted by atomic mass is 16.4. The molecule has 0 saturated carbocycles. The predicted molar refractivity (Wildman–Crippen MR) is 66.6 cm³/mol. The van der Waals surface area contributed by atoms with E-state index in [9.17, 15) is 14.4 Å². The fraction of sp³-hybridized carbons (Fsp3) is 0.750. The summed E-state index contributed by atoms with van der Waals surface area (Å²) >= 11 is 0. The third-order valence-corrected chi connectivity index (χ3v) is 3.75. The molecule has 2 atom stereocenters. The van der Waals surface area contributed by atoms with Gasteiger partial charge in [0, 0.05) is 19.6 Å². The number of aliphatic carboxylic acids is 1. The number of carboxylic acid groups (broad SMARTS) is 1. The Morgan fingerprint density at radius 2 is 2.11 bits per heavy atom. The maximum absolute atomic E-state index is 12.4. The van der Waals surface area contributed by atoms with Gasteiger partial charge in [-0.1, -0.05) is 6.92 Å². The number of carbonyl (C=O) groups excluding carboxylic acids is 2. The summed E-state index contributed by atoms with van der Waals surface area (Å²) in [7, 11) is 0. The van der Waals surface area contributed by atoms with Gasteiger partial charge in [0.2, 0.25) is 5.91 Å². The van der Waals surface area contributed by atoms with Crippen molar-refractivity contribution in [1.82, 2.24) is 15.1 Å². The van der Waals surface area contributed by atoms with Gasteiger partial charge in [0.25, 0.3) is 0 Å². The largest absolute Gasteiger partial charge is 0.480 e. The molecule has 7 nitrogen and oxygen atoms in total. The van der Waals surface area contributed by atoms with Crippen molar-refractivity contribution in [2.45, 2.75) is 38.3 Å². The molecule has 2 rings (SSSR count). The highest BCUT2D eigenvalue weighted by molar-refractivity contribution is 5.90. The molecule has 2 unspecified atom stereocenters. The van der Waals surface area contributed by atoms with Gasteiger partial charge in [0.1, 0.15) is 12.1 Å². The monoisotopic (exact) mass is 269 g/mol. The van der Waals surface area contributed by atoms with E-state index in [-0.39, 0.29) is 11.9 Å². The molecular formula is C12H19N3O4. The number of hydrogen-bond acceptors (Lipinski definition) is 3. The first-order valence-corrected chi connectivity index (χ1v) is 6.64. The number of carboxylic acids is 1. The Morgan fingerprint density at radius 1 is 1.37 bits per heavy atom. The van der Waals surface area contributed by atoms with Crippen LogP contribution in [0.15, 0.2) is 0 Å². The first kappa shape index (κ1) is 13.6. The number of urea groups is 1. The molecule has 2 N–H and O–H groups in total. The molecule has 0 bridgehead atoms. The molecule has 2 heterocycles. The van der Waals surface area contributed by atoms with E-state index in [1.165, 1.54) is 9.80 Å². The van der Waals surface area contributed by atoms with Gasteiger partial charge in [-0.25, -0.2) is 9.59 Å². The number of piperazine rings is 1. The summed E-state index contributed by atoms with van der Waals surface area (Å²) in [6, 6.07) is -1.57. The summed E-state index contributed by atoms with van der Waals surface area (Å²) in [6.45, 7) is 3.15. The minimum absolute atomic E-state index is 0.159. The maximum atomic E-state index is 12.4. The van der Waals surface area contributed by atoms with Crippen LogP contribution >= 0.6 is 0 Å². The summed E-state index contributed by atoms with van der Waals surface area (Å²) in [6.07, 6.45) is 1.71. The van der Waals surface area contributed by atoms with E-state index in [1.807, 2.05) is 6.92 Å². The van der Waals surface area contributed by atoms with Crippen molar-refractivity contribution in [1.29, 1.82) is 0 Å². The average molecular weight is 269 g/mol. The van der Waals surface area contributed by atoms with Gasteiger partial charge < -0.3 is 20.2 Å². The SMILES string of the molecule is CCC1C(=O)NCCN1C(=O)N1CCCC1C(=O)O. The Morgan fingerprint density at radius 3 is 2.74 bits per heavy atom. The van der Waals surface area contributed by atoms with Crippen molar-refractivity contribution < 1.29 is 19.5 Å². The molecule has 2 aliphatic rings. The van der Waals surface area contributed by atoms with Gasteiger partial charge in [-0.3, -0.25) is 4.79 Å². The van der Waals surface area contributed by atoms with E-state index in [4.69, 9.17) is 5.11 Å². The first-order chi connectivity index (χ1) is 9.06. The molecule has 19 heavy (non-hydrogen) atoms. The maximum Gasteiger partial charge on any atom is 0.326 e. The van der Waals surface area contributed by atoms with Crippen LogP contribution in [0.25, 0.3) is 0 Å². The topological polar surface area (TPSA) is 90.0 Å². The third-order valence-electron chi connectivity index (χ3n) is 3.75. The van der Waals surface area contributed by atoms with Crippen molar-refractivity contribution in [2.24, 2.45) is 0 Å². The van der Waals surface area contributed by atoms with Gasteiger partial charge >= 0.3 is 12.0 Å². The van der Waals surface area contributed by atoms with E-state index in [0.717, 1.165) is 0 Å². The van der Waals surface area contributed by atoms with Crippen molar-refractivity contribution in [3.63, 3.8) is 0 Å². The highest BCUT2D eigenvalue weighted by Crippen LogP contribution is 2.21. The van der Waals surface area contributed by atoms with Crippen molar-refractivity contribution in [3.05, 3.63) is 0 Å². The molecule has 0 radical (unpaired) electrons. The summed E-state index contributed by atoms with van der Waals surface area (Å²) in [5, 5.41) is 11.8. The number of carbonyl (C=O) groups is 3. The fourth-order valence-electron chi connectivity index (χ4n) is 2.77. The first-order valence-electron chi connectivity index (χ1n) is 6.64. The molecule has 2 aliphatic heterocycles. The molecule has 3 amide bonds. The van der Waals surface area contributed by atoms with Gasteiger partial charge in [0.05, 0.1) is 0 Å². The van der Waals surface area contributed by atoms with Crippen LogP contribution < -0.4 is 5.32 Å². The van der Waals surface area contributed by atoms with Crippen LogP contribution in [0.2, 0.25) is 0 Å². The molecule has 0 aromatic carbocycles. The molecule has 0 spiro atoms. The van der Waals surface area contributed by atoms with Crippen LogP contribution in [-0.4, -0.2) is 64.5 Å². The molecule has 0 aromatic rings. The molecule has 106 valence electrons. The van der Waals surface area contributed by atoms with Gasteiger partial charge in [0.15, 0.2) is 0 Å². The lowest BCUT2D eigenvalue weighted by Gasteiger charge is -2.37. The van der Waals surface area contributed by atoms with Crippen LogP contribution in [0, 0.1) is 0 Å². The normalized spacial score (nSPS) is 27.3. The number of hydrogen-bond donors (Lipinski definition) is 2. The zero-order valence-corrected chi connectivity index (χ0v) is 11.0. The number of likely N-dealkylation sites (tertiary alicyclic amines) is 1. The van der Waals surface area contributed by atoms with Crippen LogP contribution in [-0.2, 0) is 9.59 Å². The van der Waals surface area contributed by atoms with Gasteiger partial charge in [-0.2, -0.15) is 0 Å². The second-order valence-electron chi connectivity index (χ2n) is 4.88. The summed E-state index contributed by atoms with van der Waals surface area (Å²) in [5.74, 6) is -1.13. The molecule has 0 aromatic heterocycles. The minimum atomic E-state index is -0.972. The molecule has 7 heteroatoms. The van der Waals surface area contributed by atoms with Crippen molar-refractivity contribution in [2.75, 3.05) is 19.6 Å². The second kappa shape index (κ2) is 5.46. The Balaban J connectivity index is 2.13. The standard InChI is InChI=1S/C12H19N3O4/c1-2-8-10(16)13-5-7-15(8)12(19)14-6-3-4-9(14)11(17)18/h8-9H,2-7H2,1H3,(H,13,16)(H,17,18). The Bertz CT molecular complexity index is 398. The van der Waals surface area contributed by atoms with Gasteiger partial charge in [-0.05, 0) is 19.3 Å². The average Bonchev–Trinajstić information content (AvgIpc) is 2.86. The minimum Gasteiger partial charge on any atom is -0.480 e. The van der Waals surface area contributed by atoms with E-state index in [1.54, 1.807) is 0 Å². The molecule has 0 aliphatic carbocycles. The van der Waals surface area contributed by atoms with E-state index >= 15 is 0 Å². The third kappa shape index (κ3) is 2.50. The second-order valence-corrected chi connectivity index (χ2v) is 4.88. The molecule has 2 fully saturated rings. The van der Waals surface area contributed by atoms with E-state index < -0.39 is 18.1 Å². The lowest BCUT2D eigenvalue weighted by molar-refractivity contribution is -0.141. The summed E-state index contributed by atoms with van der Waals surface area (Å²) in [5.41, 5.74) is 0. The zero-order valence-electron chi connectivity index (χ0n) is 11.0. The van der Waals surface area contributed by atoms with Crippen LogP contribution in [0.3, 0.4) is 0 Å². The Hall–Kier alpha value is -1.79. The van der Waals surface area contributed by atoms with E-state index in [0.29, 0.717) is 38.9 Å². The van der Waals surface area contributed by atoms with Crippen LogP contribution in [0.1, 0.15) is 26.2 Å². The number of rotatable bonds is 2. The number of nitrogens with one attached hydrogen (secondary N) is 1. The molecule has 2 saturated heterocycles. The quantitative estimate of drug-likeness (QED) is 0.730. The summed E-state index contributed by atoms with van der Waals surface area (Å²) < 4.78 is 0. The van der Waals surface area contributed by atoms with E-state index in [2.05, 4.69) is 5.32 Å². The van der Waals surface area contributed by atoms with Gasteiger partial charge in [-0.15, -0.1) is 0 Å². The lowest BCUT2D eigenvalue weighted by atomic mass is 10.1. The lowest BCUT2D eigenvalue weighted by Crippen LogP contribution is -2.60. The van der Waals surface area contributed by atoms with Crippen LogP contribution in [0.4, 0.5) is 4.79 Å². The fourth-order valence-corrected chi connectivity index (χ4v) is 2.77. The Kier molecular flexibility index (Phi) is 3.92.